The van der Waals surface area contributed by atoms with Crippen molar-refractivity contribution in [3.05, 3.63) is 0 Å². The number of rotatable bonds is 3. The van der Waals surface area contributed by atoms with Gasteiger partial charge in [0.2, 0.25) is 0 Å². The molecule has 1 aliphatic heterocycles. The van der Waals surface area contributed by atoms with Crippen molar-refractivity contribution in [3.63, 3.8) is 0 Å². The van der Waals surface area contributed by atoms with E-state index in [2.05, 4.69) is 5.32 Å². The Balaban J connectivity index is 1.66. The Kier molecular flexibility index (Phi) is 3.40. The van der Waals surface area contributed by atoms with Gasteiger partial charge < -0.3 is 10.1 Å². The first-order valence-electron chi connectivity index (χ1n) is 5.76. The summed E-state index contributed by atoms with van der Waals surface area (Å²) in [5.74, 6) is 0.606. The fraction of sp³-hybridized carbons (Fsp3) is 0.909. The molecule has 2 rings (SSSR count). The molecule has 3 nitrogen and oxygen atoms in total. The summed E-state index contributed by atoms with van der Waals surface area (Å²) in [6, 6.07) is -0.0172. The lowest BCUT2D eigenvalue weighted by Crippen LogP contribution is -2.33. The monoisotopic (exact) mass is 197 g/mol. The minimum atomic E-state index is -0.0330. The van der Waals surface area contributed by atoms with Crippen molar-refractivity contribution in [2.24, 2.45) is 5.92 Å². The van der Waals surface area contributed by atoms with Crippen LogP contribution in [-0.4, -0.2) is 25.2 Å². The molecule has 80 valence electrons. The molecule has 0 bridgehead atoms. The Labute approximate surface area is 85.2 Å². The van der Waals surface area contributed by atoms with Gasteiger partial charge in [0.25, 0.3) is 0 Å². The lowest BCUT2D eigenvalue weighted by atomic mass is 10.1. The number of carbonyl (C=O) groups excluding carboxylic acids is 1. The largest absolute Gasteiger partial charge is 0.464 e. The van der Waals surface area contributed by atoms with Crippen molar-refractivity contribution in [2.75, 3.05) is 13.2 Å². The van der Waals surface area contributed by atoms with Crippen LogP contribution in [0.1, 0.15) is 38.5 Å². The number of hydrogen-bond donors (Lipinski definition) is 1. The van der Waals surface area contributed by atoms with E-state index in [-0.39, 0.29) is 12.0 Å². The van der Waals surface area contributed by atoms with E-state index in [4.69, 9.17) is 4.74 Å². The zero-order valence-corrected chi connectivity index (χ0v) is 8.63. The normalized spacial score (nSPS) is 28.1. The molecule has 1 atom stereocenters. The number of carbonyl (C=O) groups is 1. The lowest BCUT2D eigenvalue weighted by Gasteiger charge is -2.13. The summed E-state index contributed by atoms with van der Waals surface area (Å²) >= 11 is 0. The van der Waals surface area contributed by atoms with Crippen LogP contribution in [-0.2, 0) is 9.53 Å². The molecule has 0 spiro atoms. The summed E-state index contributed by atoms with van der Waals surface area (Å²) in [7, 11) is 0. The summed E-state index contributed by atoms with van der Waals surface area (Å²) in [4.78, 5) is 11.5. The Bertz CT molecular complexity index is 193. The van der Waals surface area contributed by atoms with Gasteiger partial charge in [-0.05, 0) is 38.1 Å². The number of esters is 1. The Morgan fingerprint density at radius 2 is 2.00 bits per heavy atom. The van der Waals surface area contributed by atoms with Gasteiger partial charge in [-0.25, -0.2) is 0 Å². The molecule has 1 saturated carbocycles. The molecule has 0 unspecified atom stereocenters. The number of hydrogen-bond acceptors (Lipinski definition) is 3. The van der Waals surface area contributed by atoms with Crippen molar-refractivity contribution >= 4 is 5.97 Å². The molecule has 0 amide bonds. The van der Waals surface area contributed by atoms with Gasteiger partial charge in [0, 0.05) is 0 Å². The van der Waals surface area contributed by atoms with Crippen molar-refractivity contribution in [3.8, 4) is 0 Å². The fourth-order valence-corrected chi connectivity index (χ4v) is 2.36. The molecule has 1 heterocycles. The van der Waals surface area contributed by atoms with Gasteiger partial charge in [-0.2, -0.15) is 0 Å². The van der Waals surface area contributed by atoms with Crippen LogP contribution in [0.3, 0.4) is 0 Å². The maximum absolute atomic E-state index is 11.5. The maximum atomic E-state index is 11.5. The summed E-state index contributed by atoms with van der Waals surface area (Å²) in [6.45, 7) is 1.61. The van der Waals surface area contributed by atoms with E-state index in [1.807, 2.05) is 0 Å². The van der Waals surface area contributed by atoms with Gasteiger partial charge in [-0.1, -0.05) is 12.8 Å². The predicted molar refractivity (Wildman–Crippen MR) is 53.9 cm³/mol. The highest BCUT2D eigenvalue weighted by Gasteiger charge is 2.24. The minimum absolute atomic E-state index is 0.0172. The van der Waals surface area contributed by atoms with Crippen LogP contribution in [0.5, 0.6) is 0 Å². The second kappa shape index (κ2) is 4.78. The maximum Gasteiger partial charge on any atom is 0.323 e. The molecule has 1 N–H and O–H groups in total. The van der Waals surface area contributed by atoms with Gasteiger partial charge in [-0.15, -0.1) is 0 Å². The molecule has 0 radical (unpaired) electrons. The van der Waals surface area contributed by atoms with Crippen molar-refractivity contribution in [2.45, 2.75) is 44.6 Å². The fourth-order valence-electron chi connectivity index (χ4n) is 2.36. The minimum Gasteiger partial charge on any atom is -0.464 e. The molecule has 3 heteroatoms. The lowest BCUT2D eigenvalue weighted by molar-refractivity contribution is -0.147. The van der Waals surface area contributed by atoms with Crippen LogP contribution >= 0.6 is 0 Å². The zero-order chi connectivity index (χ0) is 9.80. The molecule has 0 aromatic heterocycles. The SMILES string of the molecule is O=C(OCC1CCCC1)[C@@H]1CCCN1. The predicted octanol–water partition coefficient (Wildman–Crippen LogP) is 1.47. The highest BCUT2D eigenvalue weighted by molar-refractivity contribution is 5.76. The average molecular weight is 197 g/mol. The highest BCUT2D eigenvalue weighted by atomic mass is 16.5. The molecule has 14 heavy (non-hydrogen) atoms. The summed E-state index contributed by atoms with van der Waals surface area (Å²) in [5.41, 5.74) is 0. The third kappa shape index (κ3) is 2.47. The van der Waals surface area contributed by atoms with Gasteiger partial charge in [0.15, 0.2) is 0 Å². The second-order valence-electron chi connectivity index (χ2n) is 4.43. The van der Waals surface area contributed by atoms with E-state index in [1.54, 1.807) is 0 Å². The Morgan fingerprint density at radius 3 is 2.64 bits per heavy atom. The van der Waals surface area contributed by atoms with Gasteiger partial charge >= 0.3 is 5.97 Å². The number of ether oxygens (including phenoxy) is 1. The van der Waals surface area contributed by atoms with Gasteiger partial charge in [0.1, 0.15) is 6.04 Å². The first kappa shape index (κ1) is 9.97. The molecule has 2 fully saturated rings. The van der Waals surface area contributed by atoms with Crippen LogP contribution in [0.2, 0.25) is 0 Å². The van der Waals surface area contributed by atoms with Gasteiger partial charge in [-0.3, -0.25) is 4.79 Å². The Hall–Kier alpha value is -0.570. The topological polar surface area (TPSA) is 38.3 Å². The second-order valence-corrected chi connectivity index (χ2v) is 4.43. The summed E-state index contributed by atoms with van der Waals surface area (Å²) in [6.07, 6.45) is 7.15. The van der Waals surface area contributed by atoms with Crippen molar-refractivity contribution in [1.29, 1.82) is 0 Å². The van der Waals surface area contributed by atoms with E-state index >= 15 is 0 Å². The highest BCUT2D eigenvalue weighted by Crippen LogP contribution is 2.24. The first-order valence-corrected chi connectivity index (χ1v) is 5.76. The van der Waals surface area contributed by atoms with Crippen LogP contribution in [0.25, 0.3) is 0 Å². The molecule has 1 aliphatic carbocycles. The number of nitrogens with one attached hydrogen (secondary N) is 1. The van der Waals surface area contributed by atoms with E-state index in [0.29, 0.717) is 12.5 Å². The molecule has 1 saturated heterocycles. The molecular weight excluding hydrogens is 178 g/mol. The van der Waals surface area contributed by atoms with E-state index in [1.165, 1.54) is 25.7 Å². The average Bonchev–Trinajstić information content (AvgIpc) is 2.87. The van der Waals surface area contributed by atoms with Crippen LogP contribution in [0.15, 0.2) is 0 Å². The van der Waals surface area contributed by atoms with E-state index in [9.17, 15) is 4.79 Å². The Morgan fingerprint density at radius 1 is 1.21 bits per heavy atom. The summed E-state index contributed by atoms with van der Waals surface area (Å²) in [5, 5.41) is 3.16. The van der Waals surface area contributed by atoms with Crippen LogP contribution < -0.4 is 5.32 Å². The van der Waals surface area contributed by atoms with Crippen molar-refractivity contribution in [1.82, 2.24) is 5.32 Å². The van der Waals surface area contributed by atoms with E-state index in [0.717, 1.165) is 19.4 Å². The third-order valence-corrected chi connectivity index (χ3v) is 3.28. The zero-order valence-electron chi connectivity index (χ0n) is 8.63. The standard InChI is InChI=1S/C11H19NO2/c13-11(10-6-3-7-12-10)14-8-9-4-1-2-5-9/h9-10,12H,1-8H2/t10-/m0/s1. The van der Waals surface area contributed by atoms with Gasteiger partial charge in [0.05, 0.1) is 6.61 Å². The molecule has 2 aliphatic rings. The smallest absolute Gasteiger partial charge is 0.323 e. The summed E-state index contributed by atoms with van der Waals surface area (Å²) < 4.78 is 5.31. The van der Waals surface area contributed by atoms with Crippen molar-refractivity contribution < 1.29 is 9.53 Å². The van der Waals surface area contributed by atoms with E-state index < -0.39 is 0 Å². The van der Waals surface area contributed by atoms with Crippen LogP contribution in [0, 0.1) is 5.92 Å². The van der Waals surface area contributed by atoms with Crippen LogP contribution in [0.4, 0.5) is 0 Å². The molecule has 0 aromatic rings. The molecule has 0 aromatic carbocycles. The quantitative estimate of drug-likeness (QED) is 0.696. The first-order chi connectivity index (χ1) is 6.86. The molecular formula is C11H19NO2. The third-order valence-electron chi connectivity index (χ3n) is 3.28.